The zero-order chi connectivity index (χ0) is 13.1. The first-order valence-corrected chi connectivity index (χ1v) is 7.62. The molecule has 0 N–H and O–H groups in total. The highest BCUT2D eigenvalue weighted by Crippen LogP contribution is 2.38. The summed E-state index contributed by atoms with van der Waals surface area (Å²) in [5, 5.41) is 0. The standard InChI is InChI=1S/C18H28/c1-13-5-8-17(9-6-13)16(4)12-18-10-7-14(2)11-15(18)3/h5-6,8-9,14-16,18H,7,10-12H2,1-4H3. The molecule has 0 saturated heterocycles. The van der Waals surface area contributed by atoms with Crippen molar-refractivity contribution < 1.29 is 0 Å². The molecule has 0 amide bonds. The van der Waals surface area contributed by atoms with Crippen LogP contribution in [0, 0.1) is 24.7 Å². The minimum Gasteiger partial charge on any atom is -0.0625 e. The zero-order valence-corrected chi connectivity index (χ0v) is 12.4. The summed E-state index contributed by atoms with van der Waals surface area (Å²) in [6.07, 6.45) is 5.69. The number of rotatable bonds is 3. The van der Waals surface area contributed by atoms with E-state index in [-0.39, 0.29) is 0 Å². The summed E-state index contributed by atoms with van der Waals surface area (Å²) < 4.78 is 0. The lowest BCUT2D eigenvalue weighted by Crippen LogP contribution is -2.22. The van der Waals surface area contributed by atoms with E-state index < -0.39 is 0 Å². The minimum atomic E-state index is 0.714. The Morgan fingerprint density at radius 2 is 1.78 bits per heavy atom. The maximum Gasteiger partial charge on any atom is -0.0188 e. The smallest absolute Gasteiger partial charge is 0.0188 e. The number of hydrogen-bond acceptors (Lipinski definition) is 0. The molecule has 0 nitrogen and oxygen atoms in total. The van der Waals surface area contributed by atoms with Crippen LogP contribution in [0.3, 0.4) is 0 Å². The molecule has 1 aromatic rings. The maximum atomic E-state index is 2.46. The molecule has 0 radical (unpaired) electrons. The third-order valence-corrected chi connectivity index (χ3v) is 4.91. The summed E-state index contributed by atoms with van der Waals surface area (Å²) in [5.74, 6) is 3.52. The van der Waals surface area contributed by atoms with Gasteiger partial charge >= 0.3 is 0 Å². The quantitative estimate of drug-likeness (QED) is 0.653. The van der Waals surface area contributed by atoms with Gasteiger partial charge in [0.2, 0.25) is 0 Å². The molecule has 1 aliphatic carbocycles. The van der Waals surface area contributed by atoms with Gasteiger partial charge in [0.25, 0.3) is 0 Å². The molecule has 1 aromatic carbocycles. The van der Waals surface area contributed by atoms with Crippen molar-refractivity contribution in [3.05, 3.63) is 35.4 Å². The highest BCUT2D eigenvalue weighted by molar-refractivity contribution is 5.24. The van der Waals surface area contributed by atoms with Crippen molar-refractivity contribution in [2.75, 3.05) is 0 Å². The first kappa shape index (κ1) is 13.6. The van der Waals surface area contributed by atoms with Crippen molar-refractivity contribution in [2.24, 2.45) is 17.8 Å². The molecular weight excluding hydrogens is 216 g/mol. The predicted molar refractivity (Wildman–Crippen MR) is 79.9 cm³/mol. The van der Waals surface area contributed by atoms with Crippen LogP contribution in [0.4, 0.5) is 0 Å². The first-order valence-electron chi connectivity index (χ1n) is 7.62. The topological polar surface area (TPSA) is 0 Å². The van der Waals surface area contributed by atoms with Crippen LogP contribution in [-0.2, 0) is 0 Å². The van der Waals surface area contributed by atoms with E-state index in [9.17, 15) is 0 Å². The van der Waals surface area contributed by atoms with E-state index in [0.29, 0.717) is 5.92 Å². The fraction of sp³-hybridized carbons (Fsp3) is 0.667. The van der Waals surface area contributed by atoms with Crippen LogP contribution in [0.1, 0.15) is 63.5 Å². The van der Waals surface area contributed by atoms with Crippen LogP contribution in [0.2, 0.25) is 0 Å². The Morgan fingerprint density at radius 1 is 1.11 bits per heavy atom. The second kappa shape index (κ2) is 5.91. The van der Waals surface area contributed by atoms with E-state index in [1.165, 1.54) is 36.8 Å². The van der Waals surface area contributed by atoms with Crippen molar-refractivity contribution in [3.8, 4) is 0 Å². The molecule has 0 heteroatoms. The first-order chi connectivity index (χ1) is 8.56. The molecule has 4 atom stereocenters. The van der Waals surface area contributed by atoms with Crippen molar-refractivity contribution in [3.63, 3.8) is 0 Å². The van der Waals surface area contributed by atoms with Gasteiger partial charge in [-0.2, -0.15) is 0 Å². The Kier molecular flexibility index (Phi) is 4.48. The Balaban J connectivity index is 1.94. The Hall–Kier alpha value is -0.780. The minimum absolute atomic E-state index is 0.714. The summed E-state index contributed by atoms with van der Waals surface area (Å²) >= 11 is 0. The molecule has 1 aliphatic rings. The summed E-state index contributed by atoms with van der Waals surface area (Å²) in [4.78, 5) is 0. The molecule has 0 heterocycles. The Labute approximate surface area is 113 Å². The van der Waals surface area contributed by atoms with Gasteiger partial charge in [0, 0.05) is 0 Å². The second-order valence-electron chi connectivity index (χ2n) is 6.70. The number of hydrogen-bond donors (Lipinski definition) is 0. The van der Waals surface area contributed by atoms with Crippen LogP contribution in [0.25, 0.3) is 0 Å². The molecule has 0 aromatic heterocycles. The molecule has 0 bridgehead atoms. The highest BCUT2D eigenvalue weighted by atomic mass is 14.3. The number of aryl methyl sites for hydroxylation is 1. The third-order valence-electron chi connectivity index (χ3n) is 4.91. The fourth-order valence-electron chi connectivity index (χ4n) is 3.56. The van der Waals surface area contributed by atoms with Crippen molar-refractivity contribution >= 4 is 0 Å². The lowest BCUT2D eigenvalue weighted by atomic mass is 9.72. The van der Waals surface area contributed by atoms with Crippen LogP contribution < -0.4 is 0 Å². The highest BCUT2D eigenvalue weighted by Gasteiger charge is 2.26. The van der Waals surface area contributed by atoms with E-state index in [2.05, 4.69) is 52.0 Å². The average Bonchev–Trinajstić information content (AvgIpc) is 2.33. The monoisotopic (exact) mass is 244 g/mol. The normalized spacial score (nSPS) is 30.1. The van der Waals surface area contributed by atoms with Gasteiger partial charge in [-0.25, -0.2) is 0 Å². The van der Waals surface area contributed by atoms with Gasteiger partial charge in [-0.3, -0.25) is 0 Å². The summed E-state index contributed by atoms with van der Waals surface area (Å²) in [6.45, 7) is 9.44. The SMILES string of the molecule is Cc1ccc(C(C)CC2CCC(C)CC2C)cc1. The summed E-state index contributed by atoms with van der Waals surface area (Å²) in [7, 11) is 0. The van der Waals surface area contributed by atoms with Gasteiger partial charge in [-0.15, -0.1) is 0 Å². The van der Waals surface area contributed by atoms with Crippen LogP contribution >= 0.6 is 0 Å². The molecule has 1 saturated carbocycles. The molecule has 100 valence electrons. The summed E-state index contributed by atoms with van der Waals surface area (Å²) in [6, 6.07) is 9.13. The molecule has 1 fully saturated rings. The van der Waals surface area contributed by atoms with Crippen LogP contribution in [0.5, 0.6) is 0 Å². The van der Waals surface area contributed by atoms with E-state index in [0.717, 1.165) is 17.8 Å². The fourth-order valence-corrected chi connectivity index (χ4v) is 3.56. The maximum absolute atomic E-state index is 2.46. The van der Waals surface area contributed by atoms with Crippen LogP contribution in [0.15, 0.2) is 24.3 Å². The van der Waals surface area contributed by atoms with Crippen LogP contribution in [-0.4, -0.2) is 0 Å². The van der Waals surface area contributed by atoms with E-state index in [1.54, 1.807) is 0 Å². The zero-order valence-electron chi connectivity index (χ0n) is 12.4. The Bertz CT molecular complexity index is 362. The molecule has 0 aliphatic heterocycles. The molecule has 4 unspecified atom stereocenters. The molecule has 18 heavy (non-hydrogen) atoms. The van der Waals surface area contributed by atoms with Gasteiger partial charge in [-0.1, -0.05) is 57.0 Å². The molecular formula is C18H28. The summed E-state index contributed by atoms with van der Waals surface area (Å²) in [5.41, 5.74) is 2.89. The third kappa shape index (κ3) is 3.37. The average molecular weight is 244 g/mol. The number of benzene rings is 1. The van der Waals surface area contributed by atoms with Gasteiger partial charge in [0.15, 0.2) is 0 Å². The molecule has 2 rings (SSSR count). The lowest BCUT2D eigenvalue weighted by Gasteiger charge is -2.34. The van der Waals surface area contributed by atoms with Gasteiger partial charge in [0.1, 0.15) is 0 Å². The van der Waals surface area contributed by atoms with Crippen molar-refractivity contribution in [1.29, 1.82) is 0 Å². The van der Waals surface area contributed by atoms with E-state index in [4.69, 9.17) is 0 Å². The van der Waals surface area contributed by atoms with Crippen molar-refractivity contribution in [1.82, 2.24) is 0 Å². The second-order valence-corrected chi connectivity index (χ2v) is 6.70. The van der Waals surface area contributed by atoms with Gasteiger partial charge in [-0.05, 0) is 55.4 Å². The van der Waals surface area contributed by atoms with E-state index in [1.807, 2.05) is 0 Å². The largest absolute Gasteiger partial charge is 0.0625 e. The van der Waals surface area contributed by atoms with Gasteiger partial charge in [0.05, 0.1) is 0 Å². The molecule has 0 spiro atoms. The Morgan fingerprint density at radius 3 is 2.39 bits per heavy atom. The van der Waals surface area contributed by atoms with E-state index >= 15 is 0 Å². The van der Waals surface area contributed by atoms with Crippen molar-refractivity contribution in [2.45, 2.75) is 59.3 Å². The lowest BCUT2D eigenvalue weighted by molar-refractivity contribution is 0.187. The predicted octanol–water partition coefficient (Wildman–Crippen LogP) is 5.56. The van der Waals surface area contributed by atoms with Gasteiger partial charge < -0.3 is 0 Å².